The van der Waals surface area contributed by atoms with E-state index in [1.807, 2.05) is 23.8 Å². The maximum atomic E-state index is 5.91. The summed E-state index contributed by atoms with van der Waals surface area (Å²) in [5, 5.41) is 8.18. The molecule has 110 valence electrons. The largest absolute Gasteiger partial charge is 0.316 e. The lowest BCUT2D eigenvalue weighted by molar-refractivity contribution is 0.640. The molecule has 0 aliphatic heterocycles. The number of halogens is 1. The highest BCUT2D eigenvalue weighted by Gasteiger charge is 2.15. The molecule has 0 unspecified atom stereocenters. The molecule has 0 bridgehead atoms. The minimum Gasteiger partial charge on any atom is -0.316 e. The number of aryl methyl sites for hydroxylation is 3. The van der Waals surface area contributed by atoms with Gasteiger partial charge in [0.25, 0.3) is 0 Å². The summed E-state index contributed by atoms with van der Waals surface area (Å²) in [6.45, 7) is 5.56. The van der Waals surface area contributed by atoms with E-state index in [2.05, 4.69) is 26.7 Å². The molecule has 21 heavy (non-hydrogen) atoms. The summed E-state index contributed by atoms with van der Waals surface area (Å²) in [7, 11) is 0. The molecule has 3 aromatic heterocycles. The Kier molecular flexibility index (Phi) is 3.88. The summed E-state index contributed by atoms with van der Waals surface area (Å²) in [5.74, 6) is 2.37. The number of hydrogen-bond donors (Lipinski definition) is 0. The molecular formula is C14H17ClN6. The van der Waals surface area contributed by atoms with Crippen LogP contribution in [0.3, 0.4) is 0 Å². The van der Waals surface area contributed by atoms with E-state index in [0.29, 0.717) is 18.8 Å². The molecule has 3 rings (SSSR count). The van der Waals surface area contributed by atoms with Crippen molar-refractivity contribution in [2.24, 2.45) is 0 Å². The van der Waals surface area contributed by atoms with Crippen molar-refractivity contribution in [3.05, 3.63) is 35.8 Å². The highest BCUT2D eigenvalue weighted by molar-refractivity contribution is 6.17. The highest BCUT2D eigenvalue weighted by atomic mass is 35.5. The molecule has 7 heteroatoms. The van der Waals surface area contributed by atoms with Crippen molar-refractivity contribution >= 4 is 22.8 Å². The lowest BCUT2D eigenvalue weighted by Crippen LogP contribution is -2.11. The van der Waals surface area contributed by atoms with Gasteiger partial charge in [0.2, 0.25) is 0 Å². The van der Waals surface area contributed by atoms with Gasteiger partial charge < -0.3 is 9.13 Å². The average molecular weight is 305 g/mol. The molecule has 0 saturated heterocycles. The van der Waals surface area contributed by atoms with Crippen molar-refractivity contribution < 1.29 is 0 Å². The van der Waals surface area contributed by atoms with Gasteiger partial charge in [-0.05, 0) is 25.5 Å². The number of alkyl halides is 1. The number of nitrogens with zero attached hydrogens (tertiary/aromatic N) is 6. The minimum atomic E-state index is 0.531. The van der Waals surface area contributed by atoms with E-state index in [-0.39, 0.29) is 0 Å². The van der Waals surface area contributed by atoms with Gasteiger partial charge in [0, 0.05) is 25.0 Å². The van der Waals surface area contributed by atoms with Crippen LogP contribution in [-0.4, -0.2) is 35.2 Å². The Bertz CT molecular complexity index is 760. The first kappa shape index (κ1) is 14.0. The zero-order chi connectivity index (χ0) is 14.8. The maximum absolute atomic E-state index is 5.91. The number of imidazole rings is 1. The smallest absolute Gasteiger partial charge is 0.160 e. The van der Waals surface area contributed by atoms with Crippen molar-refractivity contribution in [3.8, 4) is 0 Å². The van der Waals surface area contributed by atoms with Gasteiger partial charge in [-0.15, -0.1) is 21.8 Å². The van der Waals surface area contributed by atoms with Crippen molar-refractivity contribution in [1.82, 2.24) is 29.3 Å². The van der Waals surface area contributed by atoms with Crippen LogP contribution in [0, 0.1) is 6.92 Å². The van der Waals surface area contributed by atoms with E-state index in [4.69, 9.17) is 16.6 Å². The molecule has 0 aliphatic carbocycles. The highest BCUT2D eigenvalue weighted by Crippen LogP contribution is 2.19. The number of fused-ring (bicyclic) bond motifs is 1. The second-order valence-corrected chi connectivity index (χ2v) is 5.26. The molecule has 0 radical (unpaired) electrons. The fourth-order valence-electron chi connectivity index (χ4n) is 2.43. The molecule has 0 atom stereocenters. The lowest BCUT2D eigenvalue weighted by Gasteiger charge is -2.08. The summed E-state index contributed by atoms with van der Waals surface area (Å²) in [6.07, 6.45) is 4.26. The van der Waals surface area contributed by atoms with E-state index >= 15 is 0 Å². The summed E-state index contributed by atoms with van der Waals surface area (Å²) < 4.78 is 4.10. The zero-order valence-electron chi connectivity index (χ0n) is 12.1. The van der Waals surface area contributed by atoms with Crippen LogP contribution in [0.2, 0.25) is 0 Å². The first-order valence-electron chi connectivity index (χ1n) is 6.98. The van der Waals surface area contributed by atoms with Crippen LogP contribution in [0.4, 0.5) is 0 Å². The van der Waals surface area contributed by atoms with Gasteiger partial charge in [0.15, 0.2) is 11.5 Å². The van der Waals surface area contributed by atoms with Gasteiger partial charge in [-0.1, -0.05) is 0 Å². The molecule has 3 heterocycles. The maximum Gasteiger partial charge on any atom is 0.160 e. The average Bonchev–Trinajstić information content (AvgIpc) is 3.06. The molecule has 0 saturated carbocycles. The topological polar surface area (TPSA) is 61.4 Å². The Morgan fingerprint density at radius 1 is 1.29 bits per heavy atom. The standard InChI is InChI=1S/C14H17ClN6/c1-3-20-9-17-19-12(20)8-21-11(4-6-15)18-13-10(2)5-7-16-14(13)21/h5,7,9H,3-4,6,8H2,1-2H3. The van der Waals surface area contributed by atoms with Crippen LogP contribution in [0.5, 0.6) is 0 Å². The van der Waals surface area contributed by atoms with E-state index in [0.717, 1.165) is 34.9 Å². The molecule has 6 nitrogen and oxygen atoms in total. The van der Waals surface area contributed by atoms with Crippen LogP contribution in [0.1, 0.15) is 24.1 Å². The van der Waals surface area contributed by atoms with Crippen molar-refractivity contribution in [1.29, 1.82) is 0 Å². The second kappa shape index (κ2) is 5.81. The third-order valence-corrected chi connectivity index (χ3v) is 3.76. The normalized spacial score (nSPS) is 11.4. The number of hydrogen-bond acceptors (Lipinski definition) is 4. The van der Waals surface area contributed by atoms with E-state index in [1.54, 1.807) is 6.33 Å². The molecular weight excluding hydrogens is 288 g/mol. The first-order chi connectivity index (χ1) is 10.2. The van der Waals surface area contributed by atoms with E-state index < -0.39 is 0 Å². The monoisotopic (exact) mass is 304 g/mol. The fraction of sp³-hybridized carbons (Fsp3) is 0.429. The van der Waals surface area contributed by atoms with Crippen LogP contribution in [0.15, 0.2) is 18.6 Å². The molecule has 0 aliphatic rings. The minimum absolute atomic E-state index is 0.531. The van der Waals surface area contributed by atoms with Crippen molar-refractivity contribution in [2.75, 3.05) is 5.88 Å². The van der Waals surface area contributed by atoms with Gasteiger partial charge >= 0.3 is 0 Å². The number of rotatable bonds is 5. The summed E-state index contributed by atoms with van der Waals surface area (Å²) in [5.41, 5.74) is 2.92. The van der Waals surface area contributed by atoms with Crippen LogP contribution >= 0.6 is 11.6 Å². The Hall–Kier alpha value is -1.95. The zero-order valence-corrected chi connectivity index (χ0v) is 12.9. The molecule has 3 aromatic rings. The first-order valence-corrected chi connectivity index (χ1v) is 7.51. The fourth-order valence-corrected chi connectivity index (χ4v) is 2.60. The summed E-state index contributed by atoms with van der Waals surface area (Å²) >= 11 is 5.91. The van der Waals surface area contributed by atoms with Crippen molar-refractivity contribution in [2.45, 2.75) is 33.4 Å². The van der Waals surface area contributed by atoms with E-state index in [1.165, 1.54) is 0 Å². The molecule has 0 aromatic carbocycles. The van der Waals surface area contributed by atoms with Crippen LogP contribution in [-0.2, 0) is 19.5 Å². The third-order valence-electron chi connectivity index (χ3n) is 3.57. The third kappa shape index (κ3) is 2.51. The Morgan fingerprint density at radius 3 is 2.90 bits per heavy atom. The molecule has 0 fully saturated rings. The quantitative estimate of drug-likeness (QED) is 0.678. The summed E-state index contributed by atoms with van der Waals surface area (Å²) in [6, 6.07) is 1.97. The van der Waals surface area contributed by atoms with Crippen LogP contribution < -0.4 is 0 Å². The molecule has 0 amide bonds. The van der Waals surface area contributed by atoms with Gasteiger partial charge in [-0.3, -0.25) is 0 Å². The van der Waals surface area contributed by atoms with Gasteiger partial charge in [-0.25, -0.2) is 9.97 Å². The van der Waals surface area contributed by atoms with Crippen molar-refractivity contribution in [3.63, 3.8) is 0 Å². The number of aromatic nitrogens is 6. The number of pyridine rings is 1. The van der Waals surface area contributed by atoms with Gasteiger partial charge in [0.1, 0.15) is 17.7 Å². The SMILES string of the molecule is CCn1cnnc1Cn1c(CCCl)nc2c(C)ccnc21. The molecule has 0 N–H and O–H groups in total. The Balaban J connectivity index is 2.11. The lowest BCUT2D eigenvalue weighted by atomic mass is 10.3. The predicted octanol–water partition coefficient (Wildman–Crippen LogP) is 2.18. The van der Waals surface area contributed by atoms with Gasteiger partial charge in [0.05, 0.1) is 6.54 Å². The van der Waals surface area contributed by atoms with Crippen LogP contribution in [0.25, 0.3) is 11.2 Å². The van der Waals surface area contributed by atoms with E-state index in [9.17, 15) is 0 Å². The Labute approximate surface area is 127 Å². The predicted molar refractivity (Wildman–Crippen MR) is 81.5 cm³/mol. The van der Waals surface area contributed by atoms with Gasteiger partial charge in [-0.2, -0.15) is 0 Å². The second-order valence-electron chi connectivity index (χ2n) is 4.89. The molecule has 0 spiro atoms. The summed E-state index contributed by atoms with van der Waals surface area (Å²) in [4.78, 5) is 9.18. The Morgan fingerprint density at radius 2 is 2.14 bits per heavy atom.